The van der Waals surface area contributed by atoms with Gasteiger partial charge >= 0.3 is 0 Å². The van der Waals surface area contributed by atoms with Gasteiger partial charge in [-0.05, 0) is 48.0 Å². The van der Waals surface area contributed by atoms with E-state index in [0.717, 1.165) is 28.2 Å². The lowest BCUT2D eigenvalue weighted by Crippen LogP contribution is -2.12. The molecule has 3 rings (SSSR count). The maximum Gasteiger partial charge on any atom is 0.224 e. The van der Waals surface area contributed by atoms with Crippen molar-refractivity contribution in [2.24, 2.45) is 0 Å². The molecule has 0 spiro atoms. The van der Waals surface area contributed by atoms with Gasteiger partial charge in [-0.1, -0.05) is 12.1 Å². The van der Waals surface area contributed by atoms with Crippen molar-refractivity contribution in [3.8, 4) is 5.75 Å². The van der Waals surface area contributed by atoms with Gasteiger partial charge in [0.2, 0.25) is 5.28 Å². The van der Waals surface area contributed by atoms with Crippen LogP contribution in [0.1, 0.15) is 0 Å². The van der Waals surface area contributed by atoms with E-state index in [0.29, 0.717) is 0 Å². The van der Waals surface area contributed by atoms with E-state index in [4.69, 9.17) is 16.3 Å². The molecule has 0 radical (unpaired) electrons. The van der Waals surface area contributed by atoms with Gasteiger partial charge in [-0.3, -0.25) is 0 Å². The molecule has 0 saturated carbocycles. The molecule has 2 aromatic carbocycles. The highest BCUT2D eigenvalue weighted by atomic mass is 35.5. The SMILES string of the molecule is COc1ccc(N(C)c2nc(Cl)nc3ccccc23)cc1.Cl. The summed E-state index contributed by atoms with van der Waals surface area (Å²) in [7, 11) is 3.60. The quantitative estimate of drug-likeness (QED) is 0.661. The Morgan fingerprint density at radius 3 is 2.36 bits per heavy atom. The molecule has 114 valence electrons. The fourth-order valence-electron chi connectivity index (χ4n) is 2.22. The summed E-state index contributed by atoms with van der Waals surface area (Å²) in [5.41, 5.74) is 1.82. The average Bonchev–Trinajstić information content (AvgIpc) is 2.53. The van der Waals surface area contributed by atoms with Gasteiger partial charge in [-0.2, -0.15) is 4.98 Å². The molecule has 6 heteroatoms. The van der Waals surface area contributed by atoms with Crippen LogP contribution in [0.3, 0.4) is 0 Å². The smallest absolute Gasteiger partial charge is 0.224 e. The normalized spacial score (nSPS) is 10.1. The minimum Gasteiger partial charge on any atom is -0.497 e. The van der Waals surface area contributed by atoms with Crippen molar-refractivity contribution in [2.45, 2.75) is 0 Å². The number of hydrogen-bond donors (Lipinski definition) is 0. The standard InChI is InChI=1S/C16H14ClN3O.ClH/c1-20(11-7-9-12(21-2)10-8-11)15-13-5-3-4-6-14(13)18-16(17)19-15;/h3-10H,1-2H3;1H. The first-order valence-corrected chi connectivity index (χ1v) is 6.87. The van der Waals surface area contributed by atoms with Gasteiger partial charge in [0.15, 0.2) is 0 Å². The minimum absolute atomic E-state index is 0. The molecular weight excluding hydrogens is 321 g/mol. The molecule has 0 aliphatic rings. The zero-order valence-electron chi connectivity index (χ0n) is 12.2. The molecule has 0 atom stereocenters. The fourth-order valence-corrected chi connectivity index (χ4v) is 2.39. The Balaban J connectivity index is 0.00000176. The molecule has 0 fully saturated rings. The molecule has 0 saturated heterocycles. The summed E-state index contributed by atoms with van der Waals surface area (Å²) in [6.45, 7) is 0. The topological polar surface area (TPSA) is 38.2 Å². The first kappa shape index (κ1) is 16.3. The third kappa shape index (κ3) is 3.08. The summed E-state index contributed by atoms with van der Waals surface area (Å²) in [5.74, 6) is 1.59. The molecule has 1 heterocycles. The predicted molar refractivity (Wildman–Crippen MR) is 92.9 cm³/mol. The lowest BCUT2D eigenvalue weighted by molar-refractivity contribution is 0.415. The Kier molecular flexibility index (Phi) is 5.06. The van der Waals surface area contributed by atoms with Crippen LogP contribution in [0.2, 0.25) is 5.28 Å². The van der Waals surface area contributed by atoms with Crippen LogP contribution in [0.15, 0.2) is 48.5 Å². The van der Waals surface area contributed by atoms with Crippen molar-refractivity contribution in [1.29, 1.82) is 0 Å². The molecule has 0 N–H and O–H groups in total. The Bertz CT molecular complexity index is 778. The van der Waals surface area contributed by atoms with E-state index in [1.54, 1.807) is 7.11 Å². The number of ether oxygens (including phenoxy) is 1. The van der Waals surface area contributed by atoms with Crippen LogP contribution in [-0.4, -0.2) is 24.1 Å². The van der Waals surface area contributed by atoms with Crippen LogP contribution in [0.4, 0.5) is 11.5 Å². The van der Waals surface area contributed by atoms with Crippen molar-refractivity contribution < 1.29 is 4.74 Å². The number of nitrogens with zero attached hydrogens (tertiary/aromatic N) is 3. The number of fused-ring (bicyclic) bond motifs is 1. The van der Waals surface area contributed by atoms with Crippen LogP contribution in [0.5, 0.6) is 5.75 Å². The van der Waals surface area contributed by atoms with E-state index in [1.807, 2.05) is 60.5 Å². The van der Waals surface area contributed by atoms with Crippen LogP contribution in [-0.2, 0) is 0 Å². The molecule has 0 unspecified atom stereocenters. The second-order valence-electron chi connectivity index (χ2n) is 4.59. The number of anilines is 2. The van der Waals surface area contributed by atoms with Crippen LogP contribution in [0, 0.1) is 0 Å². The molecule has 0 aliphatic carbocycles. The minimum atomic E-state index is 0. The third-order valence-electron chi connectivity index (χ3n) is 3.33. The molecule has 3 aromatic rings. The summed E-state index contributed by atoms with van der Waals surface area (Å²) in [6, 6.07) is 15.6. The highest BCUT2D eigenvalue weighted by Crippen LogP contribution is 2.30. The highest BCUT2D eigenvalue weighted by molar-refractivity contribution is 6.28. The van der Waals surface area contributed by atoms with E-state index in [9.17, 15) is 0 Å². The van der Waals surface area contributed by atoms with Gasteiger partial charge in [-0.25, -0.2) is 4.98 Å². The molecule has 0 aliphatic heterocycles. The zero-order chi connectivity index (χ0) is 14.8. The number of aromatic nitrogens is 2. The number of hydrogen-bond acceptors (Lipinski definition) is 4. The van der Waals surface area contributed by atoms with Crippen LogP contribution in [0.25, 0.3) is 10.9 Å². The lowest BCUT2D eigenvalue weighted by atomic mass is 10.2. The lowest BCUT2D eigenvalue weighted by Gasteiger charge is -2.20. The van der Waals surface area contributed by atoms with Crippen molar-refractivity contribution in [1.82, 2.24) is 9.97 Å². The molecule has 1 aromatic heterocycles. The Hall–Kier alpha value is -2.04. The van der Waals surface area contributed by atoms with Gasteiger partial charge in [0.25, 0.3) is 0 Å². The summed E-state index contributed by atoms with van der Waals surface area (Å²) >= 11 is 6.03. The summed E-state index contributed by atoms with van der Waals surface area (Å²) in [5, 5.41) is 1.20. The van der Waals surface area contributed by atoms with Crippen molar-refractivity contribution in [2.75, 3.05) is 19.1 Å². The van der Waals surface area contributed by atoms with E-state index in [-0.39, 0.29) is 17.7 Å². The first-order valence-electron chi connectivity index (χ1n) is 6.49. The molecule has 0 amide bonds. The van der Waals surface area contributed by atoms with Gasteiger partial charge < -0.3 is 9.64 Å². The second kappa shape index (κ2) is 6.81. The number of halogens is 2. The zero-order valence-corrected chi connectivity index (χ0v) is 13.7. The fraction of sp³-hybridized carbons (Fsp3) is 0.125. The largest absolute Gasteiger partial charge is 0.497 e. The summed E-state index contributed by atoms with van der Waals surface area (Å²) < 4.78 is 5.18. The molecule has 22 heavy (non-hydrogen) atoms. The number of para-hydroxylation sites is 1. The molecule has 4 nitrogen and oxygen atoms in total. The van der Waals surface area contributed by atoms with E-state index >= 15 is 0 Å². The predicted octanol–water partition coefficient (Wildman–Crippen LogP) is 4.48. The average molecular weight is 336 g/mol. The van der Waals surface area contributed by atoms with Gasteiger partial charge in [0.1, 0.15) is 11.6 Å². The highest BCUT2D eigenvalue weighted by Gasteiger charge is 2.12. The number of rotatable bonds is 3. The van der Waals surface area contributed by atoms with Gasteiger partial charge in [0.05, 0.1) is 12.6 Å². The molecule has 0 bridgehead atoms. The van der Waals surface area contributed by atoms with E-state index < -0.39 is 0 Å². The Morgan fingerprint density at radius 2 is 1.68 bits per heavy atom. The maximum atomic E-state index is 6.03. The monoisotopic (exact) mass is 335 g/mol. The van der Waals surface area contributed by atoms with Gasteiger partial charge in [-0.15, -0.1) is 12.4 Å². The van der Waals surface area contributed by atoms with Crippen LogP contribution < -0.4 is 9.64 Å². The number of methoxy groups -OCH3 is 1. The number of benzene rings is 2. The van der Waals surface area contributed by atoms with Crippen LogP contribution >= 0.6 is 24.0 Å². The first-order chi connectivity index (χ1) is 10.2. The maximum absolute atomic E-state index is 6.03. The Morgan fingerprint density at radius 1 is 1.00 bits per heavy atom. The second-order valence-corrected chi connectivity index (χ2v) is 4.93. The van der Waals surface area contributed by atoms with Crippen molar-refractivity contribution in [3.05, 3.63) is 53.8 Å². The molecular formula is C16H15Cl2N3O. The van der Waals surface area contributed by atoms with Gasteiger partial charge in [0, 0.05) is 18.1 Å². The van der Waals surface area contributed by atoms with Crippen molar-refractivity contribution in [3.63, 3.8) is 0 Å². The van der Waals surface area contributed by atoms with E-state index in [2.05, 4.69) is 9.97 Å². The van der Waals surface area contributed by atoms with E-state index in [1.165, 1.54) is 0 Å². The Labute approximate surface area is 140 Å². The third-order valence-corrected chi connectivity index (χ3v) is 3.50. The van der Waals surface area contributed by atoms with Crippen molar-refractivity contribution >= 4 is 46.4 Å². The summed E-state index contributed by atoms with van der Waals surface area (Å²) in [4.78, 5) is 10.6. The summed E-state index contributed by atoms with van der Waals surface area (Å²) in [6.07, 6.45) is 0.